The zero-order chi connectivity index (χ0) is 14.9. The molecule has 0 fully saturated rings. The van der Waals surface area contributed by atoms with Gasteiger partial charge in [0.2, 0.25) is 0 Å². The summed E-state index contributed by atoms with van der Waals surface area (Å²) in [6, 6.07) is 20.3. The second-order valence-corrected chi connectivity index (χ2v) is 5.00. The zero-order valence-electron chi connectivity index (χ0n) is 12.4. The predicted octanol–water partition coefficient (Wildman–Crippen LogP) is 4.36. The third-order valence-electron chi connectivity index (χ3n) is 3.34. The van der Waals surface area contributed by atoms with E-state index in [1.165, 1.54) is 0 Å². The van der Waals surface area contributed by atoms with Gasteiger partial charge in [0.25, 0.3) is 0 Å². The standard InChI is InChI=1S/C19H22O2/c1-3-19(21-15-18-12-8-5-9-13-18)16(2)20-14-17-10-6-4-7-11-17/h3-13,16,19H,1,14-15H2,2H3/t16-,19-/m1/s1. The molecule has 0 aliphatic rings. The van der Waals surface area contributed by atoms with Gasteiger partial charge in [0, 0.05) is 0 Å². The van der Waals surface area contributed by atoms with Crippen molar-refractivity contribution in [2.24, 2.45) is 0 Å². The third kappa shape index (κ3) is 5.18. The van der Waals surface area contributed by atoms with Crippen LogP contribution in [0.1, 0.15) is 18.1 Å². The minimum Gasteiger partial charge on any atom is -0.371 e. The van der Waals surface area contributed by atoms with E-state index in [0.29, 0.717) is 13.2 Å². The fourth-order valence-corrected chi connectivity index (χ4v) is 2.06. The van der Waals surface area contributed by atoms with Crippen molar-refractivity contribution in [3.63, 3.8) is 0 Å². The van der Waals surface area contributed by atoms with Crippen LogP contribution in [0, 0.1) is 0 Å². The van der Waals surface area contributed by atoms with Crippen LogP contribution in [-0.4, -0.2) is 12.2 Å². The van der Waals surface area contributed by atoms with Gasteiger partial charge in [-0.05, 0) is 18.1 Å². The van der Waals surface area contributed by atoms with Gasteiger partial charge in [-0.15, -0.1) is 6.58 Å². The largest absolute Gasteiger partial charge is 0.371 e. The van der Waals surface area contributed by atoms with Crippen LogP contribution < -0.4 is 0 Å². The maximum Gasteiger partial charge on any atom is 0.102 e. The Kier molecular flexibility index (Phi) is 6.20. The van der Waals surface area contributed by atoms with E-state index in [2.05, 4.69) is 30.8 Å². The lowest BCUT2D eigenvalue weighted by Gasteiger charge is -2.22. The highest BCUT2D eigenvalue weighted by Crippen LogP contribution is 2.12. The number of rotatable bonds is 8. The van der Waals surface area contributed by atoms with E-state index < -0.39 is 0 Å². The summed E-state index contributed by atoms with van der Waals surface area (Å²) >= 11 is 0. The van der Waals surface area contributed by atoms with Gasteiger partial charge >= 0.3 is 0 Å². The van der Waals surface area contributed by atoms with Crippen molar-refractivity contribution < 1.29 is 9.47 Å². The summed E-state index contributed by atoms with van der Waals surface area (Å²) in [5.74, 6) is 0. The molecule has 0 amide bonds. The molecule has 21 heavy (non-hydrogen) atoms. The summed E-state index contributed by atoms with van der Waals surface area (Å²) in [5, 5.41) is 0. The van der Waals surface area contributed by atoms with E-state index in [9.17, 15) is 0 Å². The highest BCUT2D eigenvalue weighted by atomic mass is 16.5. The molecule has 0 aliphatic heterocycles. The Morgan fingerprint density at radius 3 is 1.81 bits per heavy atom. The van der Waals surface area contributed by atoms with E-state index in [-0.39, 0.29) is 12.2 Å². The number of ether oxygens (including phenoxy) is 2. The highest BCUT2D eigenvalue weighted by Gasteiger charge is 2.15. The smallest absolute Gasteiger partial charge is 0.102 e. The minimum atomic E-state index is -0.117. The Bertz CT molecular complexity index is 522. The van der Waals surface area contributed by atoms with Crippen molar-refractivity contribution in [2.45, 2.75) is 32.3 Å². The molecular formula is C19H22O2. The summed E-state index contributed by atoms with van der Waals surface area (Å²) in [5.41, 5.74) is 2.31. The topological polar surface area (TPSA) is 18.5 Å². The van der Waals surface area contributed by atoms with Crippen LogP contribution >= 0.6 is 0 Å². The van der Waals surface area contributed by atoms with Crippen molar-refractivity contribution in [1.82, 2.24) is 0 Å². The minimum absolute atomic E-state index is 0.0357. The lowest BCUT2D eigenvalue weighted by Crippen LogP contribution is -2.27. The molecule has 2 heteroatoms. The molecule has 0 aromatic heterocycles. The zero-order valence-corrected chi connectivity index (χ0v) is 12.4. The van der Waals surface area contributed by atoms with Crippen molar-refractivity contribution in [2.75, 3.05) is 0 Å². The first-order valence-electron chi connectivity index (χ1n) is 7.23. The molecule has 0 saturated heterocycles. The molecule has 2 rings (SSSR count). The molecule has 2 atom stereocenters. The van der Waals surface area contributed by atoms with E-state index in [1.54, 1.807) is 6.08 Å². The van der Waals surface area contributed by atoms with Gasteiger partial charge in [-0.3, -0.25) is 0 Å². The molecule has 0 N–H and O–H groups in total. The lowest BCUT2D eigenvalue weighted by atomic mass is 10.2. The molecule has 0 unspecified atom stereocenters. The summed E-state index contributed by atoms with van der Waals surface area (Å²) in [6.07, 6.45) is 1.65. The van der Waals surface area contributed by atoms with Crippen molar-refractivity contribution in [3.8, 4) is 0 Å². The second kappa shape index (κ2) is 8.40. The molecule has 0 bridgehead atoms. The Labute approximate surface area is 127 Å². The van der Waals surface area contributed by atoms with Gasteiger partial charge < -0.3 is 9.47 Å². The van der Waals surface area contributed by atoms with Gasteiger partial charge in [0.15, 0.2) is 0 Å². The Balaban J connectivity index is 1.81. The Morgan fingerprint density at radius 1 is 0.857 bits per heavy atom. The molecule has 0 aliphatic carbocycles. The summed E-state index contributed by atoms with van der Waals surface area (Å²) < 4.78 is 11.8. The van der Waals surface area contributed by atoms with Crippen LogP contribution in [0.25, 0.3) is 0 Å². The highest BCUT2D eigenvalue weighted by molar-refractivity contribution is 5.14. The molecule has 0 heterocycles. The number of hydrogen-bond donors (Lipinski definition) is 0. The average Bonchev–Trinajstić information content (AvgIpc) is 2.55. The van der Waals surface area contributed by atoms with Crippen LogP contribution in [0.5, 0.6) is 0 Å². The average molecular weight is 282 g/mol. The predicted molar refractivity (Wildman–Crippen MR) is 85.9 cm³/mol. The fourth-order valence-electron chi connectivity index (χ4n) is 2.06. The maximum absolute atomic E-state index is 5.88. The second-order valence-electron chi connectivity index (χ2n) is 5.00. The molecule has 2 aromatic rings. The van der Waals surface area contributed by atoms with E-state index in [1.807, 2.05) is 43.3 Å². The third-order valence-corrected chi connectivity index (χ3v) is 3.34. The summed E-state index contributed by atoms with van der Waals surface area (Å²) in [4.78, 5) is 0. The molecule has 0 saturated carbocycles. The normalized spacial score (nSPS) is 13.6. The van der Waals surface area contributed by atoms with Crippen molar-refractivity contribution in [3.05, 3.63) is 84.4 Å². The van der Waals surface area contributed by atoms with E-state index in [4.69, 9.17) is 9.47 Å². The maximum atomic E-state index is 5.88. The SMILES string of the molecule is C=C[C@@H](OCc1ccccc1)[C@@H](C)OCc1ccccc1. The molecule has 2 aromatic carbocycles. The van der Waals surface area contributed by atoms with Gasteiger partial charge in [-0.2, -0.15) is 0 Å². The van der Waals surface area contributed by atoms with Gasteiger partial charge in [-0.1, -0.05) is 66.7 Å². The number of benzene rings is 2. The van der Waals surface area contributed by atoms with Crippen LogP contribution in [0.15, 0.2) is 73.3 Å². The van der Waals surface area contributed by atoms with Gasteiger partial charge in [0.1, 0.15) is 6.10 Å². The van der Waals surface area contributed by atoms with Crippen LogP contribution in [-0.2, 0) is 22.7 Å². The monoisotopic (exact) mass is 282 g/mol. The first-order chi connectivity index (χ1) is 10.3. The first kappa shape index (κ1) is 15.5. The van der Waals surface area contributed by atoms with E-state index >= 15 is 0 Å². The van der Waals surface area contributed by atoms with Gasteiger partial charge in [-0.25, -0.2) is 0 Å². The van der Waals surface area contributed by atoms with Crippen molar-refractivity contribution in [1.29, 1.82) is 0 Å². The molecular weight excluding hydrogens is 260 g/mol. The van der Waals surface area contributed by atoms with Crippen molar-refractivity contribution >= 4 is 0 Å². The molecule has 110 valence electrons. The Morgan fingerprint density at radius 2 is 1.33 bits per heavy atom. The van der Waals surface area contributed by atoms with Crippen LogP contribution in [0.2, 0.25) is 0 Å². The fraction of sp³-hybridized carbons (Fsp3) is 0.263. The Hall–Kier alpha value is -1.90. The van der Waals surface area contributed by atoms with Gasteiger partial charge in [0.05, 0.1) is 19.3 Å². The molecule has 0 radical (unpaired) electrons. The number of hydrogen-bond acceptors (Lipinski definition) is 2. The molecule has 2 nitrogen and oxygen atoms in total. The quantitative estimate of drug-likeness (QED) is 0.670. The summed E-state index contributed by atoms with van der Waals surface area (Å²) in [7, 11) is 0. The first-order valence-corrected chi connectivity index (χ1v) is 7.23. The lowest BCUT2D eigenvalue weighted by molar-refractivity contribution is -0.0554. The van der Waals surface area contributed by atoms with Crippen LogP contribution in [0.3, 0.4) is 0 Å². The molecule has 0 spiro atoms. The van der Waals surface area contributed by atoms with Crippen LogP contribution in [0.4, 0.5) is 0 Å². The summed E-state index contributed by atoms with van der Waals surface area (Å²) in [6.45, 7) is 7.01. The van der Waals surface area contributed by atoms with E-state index in [0.717, 1.165) is 11.1 Å².